The van der Waals surface area contributed by atoms with Crippen molar-refractivity contribution in [1.29, 1.82) is 0 Å². The van der Waals surface area contributed by atoms with Gasteiger partial charge in [0.2, 0.25) is 5.88 Å². The lowest BCUT2D eigenvalue weighted by atomic mass is 9.73. The Morgan fingerprint density at radius 1 is 1.07 bits per heavy atom. The number of anilines is 1. The number of nitrogens with zero attached hydrogens (tertiary/aromatic N) is 5. The van der Waals surface area contributed by atoms with Gasteiger partial charge in [0.15, 0.2) is 5.82 Å². The van der Waals surface area contributed by atoms with E-state index in [2.05, 4.69) is 28.7 Å². The number of aromatic hydroxyl groups is 1. The number of benzene rings is 2. The molecule has 4 aromatic rings. The zero-order valence-corrected chi connectivity index (χ0v) is 31.2. The standard InChI is InChI=1S/C40H48F3N5O6/c1-22-13-26(14-23(2)54-22)48-18-25(41)17-40(10-6-9-30(40)48)21-53-38-45-35-32(36(46-38)47-11-12-52-20-39(3,50)19-47)37(51-4)44-34(33(35)43)28-16-27(49)15-24-7-5-8-29(42)31(24)28/h5,7-8,15-16,22-23,25-26,30,49-50H,6,9-14,17-21H2,1-4H3/t22-,23+,25-,26?,30?,39-,40+/m0/s1. The molecule has 7 atom stereocenters. The number of piperidine rings is 1. The summed E-state index contributed by atoms with van der Waals surface area (Å²) in [4.78, 5) is 18.1. The third kappa shape index (κ3) is 6.79. The number of aromatic nitrogens is 3. The van der Waals surface area contributed by atoms with Gasteiger partial charge in [0.1, 0.15) is 45.8 Å². The Balaban J connectivity index is 1.24. The molecule has 14 heteroatoms. The Morgan fingerprint density at radius 3 is 2.65 bits per heavy atom. The smallest absolute Gasteiger partial charge is 0.319 e. The van der Waals surface area contributed by atoms with Crippen LogP contribution < -0.4 is 14.4 Å². The molecule has 1 saturated carbocycles. The first kappa shape index (κ1) is 37.0. The number of pyridine rings is 1. The van der Waals surface area contributed by atoms with Gasteiger partial charge in [0.25, 0.3) is 0 Å². The second-order valence-corrected chi connectivity index (χ2v) is 16.1. The van der Waals surface area contributed by atoms with Crippen molar-refractivity contribution in [2.75, 3.05) is 51.5 Å². The minimum absolute atomic E-state index is 0.00950. The Bertz CT molecular complexity index is 2050. The molecule has 0 spiro atoms. The number of aliphatic hydroxyl groups is 1. The van der Waals surface area contributed by atoms with Crippen LogP contribution >= 0.6 is 0 Å². The summed E-state index contributed by atoms with van der Waals surface area (Å²) in [5.74, 6) is -1.56. The number of β-amino-alcohol motifs (C(OH)–C–C–N with tert-alkyl or cyclic N) is 1. The molecule has 0 amide bonds. The summed E-state index contributed by atoms with van der Waals surface area (Å²) in [5.41, 5.74) is -2.27. The maximum absolute atomic E-state index is 17.2. The molecular formula is C40H48F3N5O6. The van der Waals surface area contributed by atoms with Crippen LogP contribution in [-0.4, -0.2) is 113 Å². The van der Waals surface area contributed by atoms with E-state index < -0.39 is 28.8 Å². The number of phenolic OH excluding ortho intramolecular Hbond substituents is 1. The minimum Gasteiger partial charge on any atom is -0.508 e. The molecule has 4 fully saturated rings. The number of likely N-dealkylation sites (tertiary alicyclic amines) is 1. The number of ether oxygens (including phenoxy) is 4. The number of alkyl halides is 1. The lowest BCUT2D eigenvalue weighted by molar-refractivity contribution is -0.110. The topological polar surface area (TPSA) is 123 Å². The van der Waals surface area contributed by atoms with Gasteiger partial charge in [-0.05, 0) is 76.5 Å². The number of halogens is 3. The van der Waals surface area contributed by atoms with Crippen LogP contribution in [0.15, 0.2) is 30.3 Å². The van der Waals surface area contributed by atoms with Gasteiger partial charge in [-0.3, -0.25) is 4.90 Å². The van der Waals surface area contributed by atoms with E-state index in [1.54, 1.807) is 17.9 Å². The first-order chi connectivity index (χ1) is 25.8. The maximum atomic E-state index is 17.2. The van der Waals surface area contributed by atoms with E-state index in [1.807, 2.05) is 0 Å². The molecule has 0 radical (unpaired) electrons. The highest BCUT2D eigenvalue weighted by Crippen LogP contribution is 2.50. The van der Waals surface area contributed by atoms with Crippen molar-refractivity contribution in [2.45, 2.75) is 95.4 Å². The molecule has 1 aliphatic carbocycles. The van der Waals surface area contributed by atoms with Crippen molar-refractivity contribution in [2.24, 2.45) is 5.41 Å². The number of fused-ring (bicyclic) bond motifs is 3. The van der Waals surface area contributed by atoms with Gasteiger partial charge >= 0.3 is 6.01 Å². The molecule has 11 nitrogen and oxygen atoms in total. The van der Waals surface area contributed by atoms with Crippen molar-refractivity contribution in [3.63, 3.8) is 0 Å². The van der Waals surface area contributed by atoms with Gasteiger partial charge in [0.05, 0.1) is 45.7 Å². The summed E-state index contributed by atoms with van der Waals surface area (Å²) in [6.45, 7) is 6.99. The van der Waals surface area contributed by atoms with Gasteiger partial charge in [-0.25, -0.2) is 18.2 Å². The van der Waals surface area contributed by atoms with Crippen LogP contribution in [-0.2, 0) is 9.47 Å². The summed E-state index contributed by atoms with van der Waals surface area (Å²) in [5, 5.41) is 22.3. The number of hydrogen-bond acceptors (Lipinski definition) is 11. The van der Waals surface area contributed by atoms with Crippen LogP contribution in [0.3, 0.4) is 0 Å². The fourth-order valence-electron chi connectivity index (χ4n) is 9.68. The second-order valence-electron chi connectivity index (χ2n) is 16.1. The summed E-state index contributed by atoms with van der Waals surface area (Å²) in [6.07, 6.45) is 3.73. The molecule has 0 bridgehead atoms. The first-order valence-corrected chi connectivity index (χ1v) is 18.9. The average molecular weight is 752 g/mol. The van der Waals surface area contributed by atoms with Crippen molar-refractivity contribution < 1.29 is 42.3 Å². The maximum Gasteiger partial charge on any atom is 0.319 e. The highest BCUT2D eigenvalue weighted by molar-refractivity contribution is 6.02. The van der Waals surface area contributed by atoms with Gasteiger partial charge in [-0.2, -0.15) is 9.97 Å². The van der Waals surface area contributed by atoms with E-state index in [-0.39, 0.29) is 102 Å². The Labute approximate surface area is 312 Å². The molecule has 4 aliphatic rings. The molecule has 2 aromatic heterocycles. The SMILES string of the molecule is COc1nc(-c2cc(O)cc3cccc(F)c23)c(F)c2nc(OC[C@]34CCCC3N(C3C[C@@H](C)O[C@@H](C)C3)C[C@@H](F)C4)nc(N3CCOC[C@@](C)(O)C3)c12. The van der Waals surface area contributed by atoms with Crippen molar-refractivity contribution in [3.05, 3.63) is 42.0 Å². The normalized spacial score (nSPS) is 30.7. The minimum atomic E-state index is -1.27. The van der Waals surface area contributed by atoms with Crippen LogP contribution in [0.1, 0.15) is 59.3 Å². The van der Waals surface area contributed by atoms with Crippen LogP contribution in [0, 0.1) is 17.0 Å². The fourth-order valence-corrected chi connectivity index (χ4v) is 9.68. The van der Waals surface area contributed by atoms with E-state index in [9.17, 15) is 10.2 Å². The molecule has 3 aliphatic heterocycles. The summed E-state index contributed by atoms with van der Waals surface area (Å²) < 4.78 is 72.3. The van der Waals surface area contributed by atoms with Gasteiger partial charge in [-0.15, -0.1) is 0 Å². The summed E-state index contributed by atoms with van der Waals surface area (Å²) >= 11 is 0. The van der Waals surface area contributed by atoms with Gasteiger partial charge in [-0.1, -0.05) is 18.6 Å². The predicted molar refractivity (Wildman–Crippen MR) is 197 cm³/mol. The number of methoxy groups -OCH3 is 1. The van der Waals surface area contributed by atoms with E-state index >= 15 is 13.2 Å². The molecule has 2 unspecified atom stereocenters. The highest BCUT2D eigenvalue weighted by Gasteiger charge is 2.53. The third-order valence-corrected chi connectivity index (χ3v) is 11.7. The molecule has 54 heavy (non-hydrogen) atoms. The highest BCUT2D eigenvalue weighted by atomic mass is 19.1. The third-order valence-electron chi connectivity index (χ3n) is 11.7. The molecule has 8 rings (SSSR count). The molecule has 2 aromatic carbocycles. The zero-order chi connectivity index (χ0) is 37.9. The van der Waals surface area contributed by atoms with E-state index in [0.29, 0.717) is 24.9 Å². The van der Waals surface area contributed by atoms with Crippen LogP contribution in [0.25, 0.3) is 32.9 Å². The Morgan fingerprint density at radius 2 is 1.87 bits per heavy atom. The number of hydrogen-bond donors (Lipinski definition) is 2. The zero-order valence-electron chi connectivity index (χ0n) is 31.2. The van der Waals surface area contributed by atoms with Gasteiger partial charge < -0.3 is 34.1 Å². The lowest BCUT2D eigenvalue weighted by Crippen LogP contribution is -2.60. The van der Waals surface area contributed by atoms with Gasteiger partial charge in [0, 0.05) is 41.5 Å². The average Bonchev–Trinajstić information content (AvgIpc) is 3.45. The molecule has 3 saturated heterocycles. The predicted octanol–water partition coefficient (Wildman–Crippen LogP) is 6.34. The first-order valence-electron chi connectivity index (χ1n) is 18.9. The monoisotopic (exact) mass is 751 g/mol. The fraction of sp³-hybridized carbons (Fsp3) is 0.575. The molecule has 5 heterocycles. The number of phenols is 1. The summed E-state index contributed by atoms with van der Waals surface area (Å²) in [7, 11) is 1.38. The molecular weight excluding hydrogens is 703 g/mol. The molecule has 290 valence electrons. The van der Waals surface area contributed by atoms with E-state index in [0.717, 1.165) is 32.1 Å². The Kier molecular flexibility index (Phi) is 9.77. The lowest BCUT2D eigenvalue weighted by Gasteiger charge is -2.52. The Hall–Kier alpha value is -3.98. The van der Waals surface area contributed by atoms with Crippen LogP contribution in [0.2, 0.25) is 0 Å². The van der Waals surface area contributed by atoms with Crippen molar-refractivity contribution >= 4 is 27.5 Å². The van der Waals surface area contributed by atoms with E-state index in [1.165, 1.54) is 31.4 Å². The largest absolute Gasteiger partial charge is 0.508 e. The quantitative estimate of drug-likeness (QED) is 0.220. The number of rotatable bonds is 7. The van der Waals surface area contributed by atoms with Crippen molar-refractivity contribution in [3.8, 4) is 28.9 Å². The van der Waals surface area contributed by atoms with Crippen molar-refractivity contribution in [1.82, 2.24) is 19.9 Å². The van der Waals surface area contributed by atoms with Crippen LogP contribution in [0.4, 0.5) is 19.0 Å². The van der Waals surface area contributed by atoms with Crippen LogP contribution in [0.5, 0.6) is 17.6 Å². The van der Waals surface area contributed by atoms with E-state index in [4.69, 9.17) is 23.9 Å². The summed E-state index contributed by atoms with van der Waals surface area (Å²) in [6, 6.07) is 7.18. The second kappa shape index (κ2) is 14.3. The molecule has 2 N–H and O–H groups in total.